The van der Waals surface area contributed by atoms with E-state index in [2.05, 4.69) is 44.2 Å². The summed E-state index contributed by atoms with van der Waals surface area (Å²) in [5.74, 6) is 2.39. The normalized spacial score (nSPS) is 15.9. The summed E-state index contributed by atoms with van der Waals surface area (Å²) >= 11 is 0. The van der Waals surface area contributed by atoms with Gasteiger partial charge in [-0.15, -0.1) is 10.2 Å². The van der Waals surface area contributed by atoms with Crippen LogP contribution in [-0.2, 0) is 13.0 Å². The highest BCUT2D eigenvalue weighted by molar-refractivity contribution is 5.93. The zero-order valence-electron chi connectivity index (χ0n) is 15.2. The highest BCUT2D eigenvalue weighted by atomic mass is 16.3. The van der Waals surface area contributed by atoms with Crippen molar-refractivity contribution in [3.63, 3.8) is 0 Å². The van der Waals surface area contributed by atoms with Crippen molar-refractivity contribution in [2.45, 2.75) is 52.6 Å². The average molecular weight is 346 g/mol. The molecule has 0 radical (unpaired) electrons. The molecule has 0 saturated carbocycles. The topological polar surface area (TPSA) is 97.9 Å². The highest BCUT2D eigenvalue weighted by Gasteiger charge is 2.29. The Labute approximate surface area is 147 Å². The van der Waals surface area contributed by atoms with Crippen molar-refractivity contribution in [1.29, 1.82) is 0 Å². The Morgan fingerprint density at radius 3 is 2.80 bits per heavy atom. The fraction of sp³-hybridized carbons (Fsp3) is 0.647. The van der Waals surface area contributed by atoms with Gasteiger partial charge in [0, 0.05) is 32.0 Å². The lowest BCUT2D eigenvalue weighted by molar-refractivity contribution is 0.0915. The Bertz CT molecular complexity index is 733. The summed E-state index contributed by atoms with van der Waals surface area (Å²) < 4.78 is 7.50. The molecular weight excluding hydrogens is 320 g/mol. The number of carbonyl (C=O) groups is 1. The van der Waals surface area contributed by atoms with Gasteiger partial charge in [0.05, 0.1) is 6.04 Å². The van der Waals surface area contributed by atoms with E-state index in [-0.39, 0.29) is 23.8 Å². The van der Waals surface area contributed by atoms with Crippen LogP contribution in [0.2, 0.25) is 0 Å². The number of rotatable bonds is 5. The number of amides is 1. The predicted molar refractivity (Wildman–Crippen MR) is 92.2 cm³/mol. The number of oxazole rings is 1. The molecule has 1 amide bonds. The third-order valence-corrected chi connectivity index (χ3v) is 4.46. The molecule has 2 aromatic rings. The molecular formula is C17H26N6O2. The molecule has 1 aliphatic rings. The molecule has 3 heterocycles. The van der Waals surface area contributed by atoms with Crippen LogP contribution in [0.25, 0.3) is 0 Å². The van der Waals surface area contributed by atoms with Gasteiger partial charge >= 0.3 is 0 Å². The van der Waals surface area contributed by atoms with Gasteiger partial charge in [-0.05, 0) is 5.92 Å². The summed E-state index contributed by atoms with van der Waals surface area (Å²) in [5, 5.41) is 15.1. The minimum Gasteiger partial charge on any atom is -0.447 e. The van der Waals surface area contributed by atoms with Gasteiger partial charge in [-0.1, -0.05) is 27.7 Å². The zero-order chi connectivity index (χ0) is 18.0. The maximum Gasteiger partial charge on any atom is 0.274 e. The molecule has 2 aromatic heterocycles. The Morgan fingerprint density at radius 2 is 2.08 bits per heavy atom. The van der Waals surface area contributed by atoms with Gasteiger partial charge < -0.3 is 19.6 Å². The van der Waals surface area contributed by atoms with E-state index in [1.165, 1.54) is 6.39 Å². The summed E-state index contributed by atoms with van der Waals surface area (Å²) in [7, 11) is 0. The molecule has 8 nitrogen and oxygen atoms in total. The summed E-state index contributed by atoms with van der Waals surface area (Å²) in [4.78, 5) is 16.9. The summed E-state index contributed by atoms with van der Waals surface area (Å²) in [6.07, 6.45) is 2.16. The molecule has 0 aromatic carbocycles. The molecule has 1 atom stereocenters. The molecule has 1 aliphatic heterocycles. The van der Waals surface area contributed by atoms with E-state index in [9.17, 15) is 4.79 Å². The number of fused-ring (bicyclic) bond motifs is 1. The molecule has 25 heavy (non-hydrogen) atoms. The Balaban J connectivity index is 1.86. The number of aromatic nitrogens is 4. The molecule has 0 aliphatic carbocycles. The predicted octanol–water partition coefficient (Wildman–Crippen LogP) is 1.66. The molecule has 3 rings (SSSR count). The van der Waals surface area contributed by atoms with Crippen molar-refractivity contribution in [2.24, 2.45) is 5.92 Å². The third kappa shape index (κ3) is 3.58. The van der Waals surface area contributed by atoms with Crippen molar-refractivity contribution in [3.05, 3.63) is 29.5 Å². The van der Waals surface area contributed by atoms with Crippen molar-refractivity contribution >= 4 is 5.91 Å². The minimum absolute atomic E-state index is 0.0937. The SMILES string of the molecule is CC(C)c1ocnc1C(=O)N[C@@H](c1nnc2n1CCNCC2)C(C)C. The van der Waals surface area contributed by atoms with Crippen molar-refractivity contribution < 1.29 is 9.21 Å². The van der Waals surface area contributed by atoms with E-state index in [1.54, 1.807) is 0 Å². The molecule has 0 unspecified atom stereocenters. The maximum atomic E-state index is 12.8. The lowest BCUT2D eigenvalue weighted by Crippen LogP contribution is -2.35. The Kier molecular flexibility index (Phi) is 5.17. The lowest BCUT2D eigenvalue weighted by atomic mass is 10.0. The lowest BCUT2D eigenvalue weighted by Gasteiger charge is -2.22. The van der Waals surface area contributed by atoms with E-state index in [0.717, 1.165) is 37.7 Å². The summed E-state index contributed by atoms with van der Waals surface area (Å²) in [6.45, 7) is 10.6. The van der Waals surface area contributed by atoms with E-state index < -0.39 is 0 Å². The van der Waals surface area contributed by atoms with E-state index in [0.29, 0.717) is 11.5 Å². The maximum absolute atomic E-state index is 12.8. The van der Waals surface area contributed by atoms with Gasteiger partial charge in [-0.2, -0.15) is 0 Å². The van der Waals surface area contributed by atoms with Crippen LogP contribution in [0.1, 0.15) is 67.6 Å². The first-order chi connectivity index (χ1) is 12.0. The van der Waals surface area contributed by atoms with E-state index >= 15 is 0 Å². The first-order valence-corrected chi connectivity index (χ1v) is 8.86. The first-order valence-electron chi connectivity index (χ1n) is 8.86. The number of hydrogen-bond acceptors (Lipinski definition) is 6. The molecule has 2 N–H and O–H groups in total. The van der Waals surface area contributed by atoms with Crippen LogP contribution in [0, 0.1) is 5.92 Å². The molecule has 136 valence electrons. The van der Waals surface area contributed by atoms with Gasteiger partial charge in [0.2, 0.25) is 0 Å². The fourth-order valence-corrected chi connectivity index (χ4v) is 3.10. The smallest absolute Gasteiger partial charge is 0.274 e. The van der Waals surface area contributed by atoms with Crippen LogP contribution in [0.4, 0.5) is 0 Å². The Morgan fingerprint density at radius 1 is 1.28 bits per heavy atom. The number of carbonyl (C=O) groups excluding carboxylic acids is 1. The van der Waals surface area contributed by atoms with Crippen LogP contribution >= 0.6 is 0 Å². The quantitative estimate of drug-likeness (QED) is 0.854. The molecule has 0 saturated heterocycles. The average Bonchev–Trinajstić information content (AvgIpc) is 3.14. The fourth-order valence-electron chi connectivity index (χ4n) is 3.10. The van der Waals surface area contributed by atoms with Crippen molar-refractivity contribution in [3.8, 4) is 0 Å². The highest BCUT2D eigenvalue weighted by Crippen LogP contribution is 2.24. The van der Waals surface area contributed by atoms with E-state index in [1.807, 2.05) is 13.8 Å². The Hall–Kier alpha value is -2.22. The second-order valence-electron chi connectivity index (χ2n) is 7.04. The standard InChI is InChI=1S/C17H26N6O2/c1-10(2)13(16-22-21-12-5-6-18-7-8-23(12)16)20-17(24)14-15(11(3)4)25-9-19-14/h9-11,13,18H,5-8H2,1-4H3,(H,20,24)/t13-/m1/s1. The van der Waals surface area contributed by atoms with Gasteiger partial charge in [0.25, 0.3) is 5.91 Å². The number of hydrogen-bond donors (Lipinski definition) is 2. The second kappa shape index (κ2) is 7.35. The number of nitrogens with zero attached hydrogens (tertiary/aromatic N) is 4. The number of nitrogens with one attached hydrogen (secondary N) is 2. The molecule has 0 fully saturated rings. The van der Waals surface area contributed by atoms with Gasteiger partial charge in [0.15, 0.2) is 17.9 Å². The zero-order valence-corrected chi connectivity index (χ0v) is 15.2. The van der Waals surface area contributed by atoms with Gasteiger partial charge in [-0.25, -0.2) is 4.98 Å². The van der Waals surface area contributed by atoms with E-state index in [4.69, 9.17) is 4.42 Å². The second-order valence-corrected chi connectivity index (χ2v) is 7.04. The minimum atomic E-state index is -0.236. The van der Waals surface area contributed by atoms with Crippen LogP contribution in [0.3, 0.4) is 0 Å². The monoisotopic (exact) mass is 346 g/mol. The first kappa shape index (κ1) is 17.6. The molecule has 8 heteroatoms. The largest absolute Gasteiger partial charge is 0.447 e. The third-order valence-electron chi connectivity index (χ3n) is 4.46. The summed E-state index contributed by atoms with van der Waals surface area (Å²) in [6, 6.07) is -0.233. The van der Waals surface area contributed by atoms with Crippen LogP contribution in [0.5, 0.6) is 0 Å². The van der Waals surface area contributed by atoms with Crippen LogP contribution in [0.15, 0.2) is 10.8 Å². The van der Waals surface area contributed by atoms with Gasteiger partial charge in [-0.3, -0.25) is 4.79 Å². The van der Waals surface area contributed by atoms with Crippen molar-refractivity contribution in [2.75, 3.05) is 13.1 Å². The van der Waals surface area contributed by atoms with Crippen molar-refractivity contribution in [1.82, 2.24) is 30.4 Å². The van der Waals surface area contributed by atoms with Crippen LogP contribution < -0.4 is 10.6 Å². The van der Waals surface area contributed by atoms with Gasteiger partial charge in [0.1, 0.15) is 11.6 Å². The summed E-state index contributed by atoms with van der Waals surface area (Å²) in [5.41, 5.74) is 0.345. The molecule has 0 spiro atoms. The molecule has 0 bridgehead atoms. The van der Waals surface area contributed by atoms with Crippen LogP contribution in [-0.4, -0.2) is 38.7 Å².